The number of carbonyl (C=O) groups excluding carboxylic acids is 1. The Morgan fingerprint density at radius 3 is 2.74 bits per heavy atom. The summed E-state index contributed by atoms with van der Waals surface area (Å²) in [4.78, 5) is 16.5. The maximum absolute atomic E-state index is 12.9. The molecule has 1 N–H and O–H groups in total. The number of aryl methyl sites for hydroxylation is 1. The predicted molar refractivity (Wildman–Crippen MR) is 107 cm³/mol. The van der Waals surface area contributed by atoms with Crippen LogP contribution in [0.1, 0.15) is 16.7 Å². The number of thioether (sulfide) groups is 1. The van der Waals surface area contributed by atoms with E-state index in [4.69, 9.17) is 0 Å². The molecule has 27 heavy (non-hydrogen) atoms. The van der Waals surface area contributed by atoms with Gasteiger partial charge in [0.05, 0.1) is 11.4 Å². The van der Waals surface area contributed by atoms with Crippen LogP contribution in [-0.4, -0.2) is 27.8 Å². The lowest BCUT2D eigenvalue weighted by Gasteiger charge is -2.12. The minimum Gasteiger partial charge on any atom is -0.355 e. The number of amides is 1. The Morgan fingerprint density at radius 1 is 1.19 bits per heavy atom. The van der Waals surface area contributed by atoms with Crippen molar-refractivity contribution in [2.45, 2.75) is 25.4 Å². The van der Waals surface area contributed by atoms with E-state index >= 15 is 0 Å². The van der Waals surface area contributed by atoms with Gasteiger partial charge in [-0.05, 0) is 55.2 Å². The van der Waals surface area contributed by atoms with Crippen LogP contribution in [-0.2, 0) is 11.2 Å². The number of halogens is 1. The lowest BCUT2D eigenvalue weighted by molar-refractivity contribution is -0.118. The van der Waals surface area contributed by atoms with Gasteiger partial charge in [-0.15, -0.1) is 0 Å². The molecule has 1 heterocycles. The number of rotatable bonds is 7. The molecule has 0 fully saturated rings. The molecule has 0 aliphatic heterocycles. The highest BCUT2D eigenvalue weighted by molar-refractivity contribution is 7.99. The van der Waals surface area contributed by atoms with Crippen molar-refractivity contribution in [1.29, 1.82) is 0 Å². The van der Waals surface area contributed by atoms with Gasteiger partial charge in [-0.2, -0.15) is 0 Å². The summed E-state index contributed by atoms with van der Waals surface area (Å²) >= 11 is 1.41. The van der Waals surface area contributed by atoms with Gasteiger partial charge in [-0.1, -0.05) is 36.0 Å². The monoisotopic (exact) mass is 383 g/mol. The van der Waals surface area contributed by atoms with E-state index in [9.17, 15) is 9.18 Å². The molecule has 0 aliphatic rings. The van der Waals surface area contributed by atoms with Crippen molar-refractivity contribution in [3.63, 3.8) is 0 Å². The first kappa shape index (κ1) is 19.2. The number of nitrogens with zero attached hydrogens (tertiary/aromatic N) is 2. The number of hydrogen-bond acceptors (Lipinski definition) is 3. The Balaban J connectivity index is 1.53. The van der Waals surface area contributed by atoms with Crippen LogP contribution in [0.25, 0.3) is 5.69 Å². The van der Waals surface area contributed by atoms with Crippen molar-refractivity contribution >= 4 is 17.7 Å². The van der Waals surface area contributed by atoms with E-state index in [0.717, 1.165) is 16.4 Å². The normalized spacial score (nSPS) is 10.8. The van der Waals surface area contributed by atoms with Crippen LogP contribution >= 0.6 is 11.8 Å². The molecular weight excluding hydrogens is 361 g/mol. The molecule has 4 nitrogen and oxygen atoms in total. The van der Waals surface area contributed by atoms with Gasteiger partial charge in [0.1, 0.15) is 5.82 Å². The number of benzene rings is 2. The molecular formula is C21H22FN3OS. The van der Waals surface area contributed by atoms with E-state index in [2.05, 4.69) is 36.3 Å². The Kier molecular flexibility index (Phi) is 6.29. The first-order valence-corrected chi connectivity index (χ1v) is 9.77. The van der Waals surface area contributed by atoms with Crippen molar-refractivity contribution in [3.8, 4) is 5.69 Å². The van der Waals surface area contributed by atoms with E-state index in [0.29, 0.717) is 18.7 Å². The first-order valence-electron chi connectivity index (χ1n) is 8.78. The Hall–Kier alpha value is -2.60. The Bertz CT molecular complexity index is 921. The quantitative estimate of drug-likeness (QED) is 0.626. The molecule has 0 radical (unpaired) electrons. The molecule has 0 unspecified atom stereocenters. The van der Waals surface area contributed by atoms with E-state index in [-0.39, 0.29) is 11.7 Å². The summed E-state index contributed by atoms with van der Waals surface area (Å²) in [5.41, 5.74) is 4.48. The van der Waals surface area contributed by atoms with Crippen LogP contribution in [0.15, 0.2) is 60.0 Å². The predicted octanol–water partition coefficient (Wildman–Crippen LogP) is 4.08. The minimum absolute atomic E-state index is 0.0439. The average molecular weight is 383 g/mol. The standard InChI is InChI=1S/C21H22FN3OS/c1-15-4-3-5-19(16(15)2)25-13-12-24-21(25)27-14-20(26)23-11-10-17-6-8-18(22)9-7-17/h3-9,12-13H,10-11,14H2,1-2H3,(H,23,26). The molecule has 2 aromatic carbocycles. The molecule has 0 spiro atoms. The molecule has 0 aliphatic carbocycles. The third kappa shape index (κ3) is 4.98. The lowest BCUT2D eigenvalue weighted by Crippen LogP contribution is -2.27. The van der Waals surface area contributed by atoms with Crippen LogP contribution < -0.4 is 5.32 Å². The molecule has 0 saturated carbocycles. The summed E-state index contributed by atoms with van der Waals surface area (Å²) in [6, 6.07) is 12.5. The van der Waals surface area contributed by atoms with Crippen molar-refractivity contribution in [2.24, 2.45) is 0 Å². The Labute approximate surface area is 162 Å². The highest BCUT2D eigenvalue weighted by atomic mass is 32.2. The van der Waals surface area contributed by atoms with Gasteiger partial charge in [-0.25, -0.2) is 9.37 Å². The number of carbonyl (C=O) groups is 1. The van der Waals surface area contributed by atoms with Gasteiger partial charge in [0.15, 0.2) is 5.16 Å². The van der Waals surface area contributed by atoms with Gasteiger partial charge in [-0.3, -0.25) is 9.36 Å². The highest BCUT2D eigenvalue weighted by Gasteiger charge is 2.11. The number of aromatic nitrogens is 2. The first-order chi connectivity index (χ1) is 13.0. The van der Waals surface area contributed by atoms with Gasteiger partial charge < -0.3 is 5.32 Å². The highest BCUT2D eigenvalue weighted by Crippen LogP contribution is 2.24. The van der Waals surface area contributed by atoms with Crippen LogP contribution in [0.3, 0.4) is 0 Å². The number of imidazole rings is 1. The summed E-state index contributed by atoms with van der Waals surface area (Å²) in [6.07, 6.45) is 4.33. The second-order valence-electron chi connectivity index (χ2n) is 6.31. The van der Waals surface area contributed by atoms with E-state index in [1.165, 1.54) is 35.0 Å². The topological polar surface area (TPSA) is 46.9 Å². The number of hydrogen-bond donors (Lipinski definition) is 1. The second kappa shape index (κ2) is 8.86. The van der Waals surface area contributed by atoms with Crippen molar-refractivity contribution in [1.82, 2.24) is 14.9 Å². The summed E-state index contributed by atoms with van der Waals surface area (Å²) in [6.45, 7) is 4.69. The minimum atomic E-state index is -0.251. The number of nitrogens with one attached hydrogen (secondary N) is 1. The SMILES string of the molecule is Cc1cccc(-n2ccnc2SCC(=O)NCCc2ccc(F)cc2)c1C. The summed E-state index contributed by atoms with van der Waals surface area (Å²) in [5, 5.41) is 3.69. The Morgan fingerprint density at radius 2 is 1.96 bits per heavy atom. The van der Waals surface area contributed by atoms with Crippen LogP contribution in [0.2, 0.25) is 0 Å². The maximum Gasteiger partial charge on any atom is 0.230 e. The van der Waals surface area contributed by atoms with Gasteiger partial charge >= 0.3 is 0 Å². The zero-order valence-electron chi connectivity index (χ0n) is 15.4. The second-order valence-corrected chi connectivity index (χ2v) is 7.26. The summed E-state index contributed by atoms with van der Waals surface area (Å²) < 4.78 is 14.9. The molecule has 0 bridgehead atoms. The van der Waals surface area contributed by atoms with Crippen molar-refractivity contribution in [3.05, 3.63) is 77.4 Å². The van der Waals surface area contributed by atoms with Crippen LogP contribution in [0.4, 0.5) is 4.39 Å². The van der Waals surface area contributed by atoms with Crippen LogP contribution in [0.5, 0.6) is 0 Å². The molecule has 1 amide bonds. The third-order valence-corrected chi connectivity index (χ3v) is 5.39. The van der Waals surface area contributed by atoms with E-state index in [1.54, 1.807) is 18.3 Å². The zero-order chi connectivity index (χ0) is 19.2. The molecule has 3 aromatic rings. The molecule has 0 atom stereocenters. The van der Waals surface area contributed by atoms with Crippen molar-refractivity contribution in [2.75, 3.05) is 12.3 Å². The fourth-order valence-corrected chi connectivity index (χ4v) is 3.55. The van der Waals surface area contributed by atoms with Crippen molar-refractivity contribution < 1.29 is 9.18 Å². The zero-order valence-corrected chi connectivity index (χ0v) is 16.2. The molecule has 0 saturated heterocycles. The maximum atomic E-state index is 12.9. The molecule has 140 valence electrons. The summed E-state index contributed by atoms with van der Waals surface area (Å²) in [5.74, 6) is 0.00170. The van der Waals surface area contributed by atoms with Gasteiger partial charge in [0.2, 0.25) is 5.91 Å². The fraction of sp³-hybridized carbons (Fsp3) is 0.238. The summed E-state index contributed by atoms with van der Waals surface area (Å²) in [7, 11) is 0. The largest absolute Gasteiger partial charge is 0.355 e. The van der Waals surface area contributed by atoms with E-state index in [1.807, 2.05) is 16.8 Å². The lowest BCUT2D eigenvalue weighted by atomic mass is 10.1. The molecule has 1 aromatic heterocycles. The smallest absolute Gasteiger partial charge is 0.230 e. The van der Waals surface area contributed by atoms with Gasteiger partial charge in [0.25, 0.3) is 0 Å². The molecule has 6 heteroatoms. The fourth-order valence-electron chi connectivity index (χ4n) is 2.75. The van der Waals surface area contributed by atoms with Gasteiger partial charge in [0, 0.05) is 18.9 Å². The third-order valence-electron chi connectivity index (χ3n) is 4.42. The van der Waals surface area contributed by atoms with E-state index < -0.39 is 0 Å². The van der Waals surface area contributed by atoms with Crippen LogP contribution in [0, 0.1) is 19.7 Å². The molecule has 3 rings (SSSR count). The average Bonchev–Trinajstić information content (AvgIpc) is 3.12.